The van der Waals surface area contributed by atoms with E-state index >= 15 is 0 Å². The number of ketones is 1. The first kappa shape index (κ1) is 19.4. The Hall–Kier alpha value is -3.57. The topological polar surface area (TPSA) is 48.0 Å². The number of Topliss-reactive ketones (excluding diaryl/α,β-unsaturated/α-hetero) is 1. The molecule has 0 radical (unpaired) electrons. The first-order valence-corrected chi connectivity index (χ1v) is 10.3. The average Bonchev–Trinajstić information content (AvgIpc) is 3.11. The fraction of sp³-hybridized carbons (Fsp3) is 0.192. The Kier molecular flexibility index (Phi) is 4.96. The lowest BCUT2D eigenvalue weighted by molar-refractivity contribution is 0.0873. The molecule has 156 valence electrons. The molecule has 0 fully saturated rings. The Balaban J connectivity index is 1.43. The molecule has 2 aliphatic heterocycles. The number of carbonyl (C=O) groups is 1. The fourth-order valence-corrected chi connectivity index (χ4v) is 3.98. The van der Waals surface area contributed by atoms with Crippen molar-refractivity contribution in [2.45, 2.75) is 20.0 Å². The van der Waals surface area contributed by atoms with Crippen molar-refractivity contribution in [2.24, 2.45) is 0 Å². The van der Waals surface area contributed by atoms with Crippen LogP contribution in [0.5, 0.6) is 17.2 Å². The molecule has 2 heterocycles. The van der Waals surface area contributed by atoms with Gasteiger partial charge in [0.1, 0.15) is 24.0 Å². The van der Waals surface area contributed by atoms with Gasteiger partial charge in [0.2, 0.25) is 5.78 Å². The molecule has 0 spiro atoms. The van der Waals surface area contributed by atoms with E-state index < -0.39 is 0 Å². The van der Waals surface area contributed by atoms with E-state index in [4.69, 9.17) is 14.2 Å². The second-order valence-electron chi connectivity index (χ2n) is 7.85. The van der Waals surface area contributed by atoms with Gasteiger partial charge in [0, 0.05) is 18.7 Å². The van der Waals surface area contributed by atoms with Gasteiger partial charge in [-0.05, 0) is 36.8 Å². The summed E-state index contributed by atoms with van der Waals surface area (Å²) in [5, 5.41) is 0. The van der Waals surface area contributed by atoms with Crippen molar-refractivity contribution in [3.8, 4) is 17.2 Å². The second-order valence-corrected chi connectivity index (χ2v) is 7.85. The molecule has 5 rings (SSSR count). The van der Waals surface area contributed by atoms with E-state index in [1.54, 1.807) is 19.3 Å². The van der Waals surface area contributed by atoms with Gasteiger partial charge in [0.15, 0.2) is 5.76 Å². The molecule has 3 aromatic rings. The Morgan fingerprint density at radius 3 is 2.68 bits per heavy atom. The lowest BCUT2D eigenvalue weighted by Gasteiger charge is -2.29. The van der Waals surface area contributed by atoms with Gasteiger partial charge >= 0.3 is 0 Å². The number of para-hydroxylation sites is 1. The smallest absolute Gasteiger partial charge is 0.231 e. The fourth-order valence-electron chi connectivity index (χ4n) is 3.98. The number of allylic oxidation sites excluding steroid dienone is 1. The Bertz CT molecular complexity index is 1180. The van der Waals surface area contributed by atoms with E-state index in [2.05, 4.69) is 36.1 Å². The second kappa shape index (κ2) is 7.93. The molecule has 0 saturated carbocycles. The quantitative estimate of drug-likeness (QED) is 0.565. The minimum Gasteiger partial charge on any atom is -0.496 e. The van der Waals surface area contributed by atoms with Gasteiger partial charge in [0.25, 0.3) is 0 Å². The highest BCUT2D eigenvalue weighted by molar-refractivity contribution is 6.15. The summed E-state index contributed by atoms with van der Waals surface area (Å²) >= 11 is 0. The summed E-state index contributed by atoms with van der Waals surface area (Å²) in [5.74, 6) is 2.22. The molecule has 31 heavy (non-hydrogen) atoms. The van der Waals surface area contributed by atoms with Crippen LogP contribution in [-0.2, 0) is 13.1 Å². The summed E-state index contributed by atoms with van der Waals surface area (Å²) in [7, 11) is 1.61. The van der Waals surface area contributed by atoms with Gasteiger partial charge in [-0.15, -0.1) is 0 Å². The van der Waals surface area contributed by atoms with Crippen LogP contribution in [0, 0.1) is 6.92 Å². The number of nitrogens with zero attached hydrogens (tertiary/aromatic N) is 1. The highest BCUT2D eigenvalue weighted by Gasteiger charge is 2.33. The van der Waals surface area contributed by atoms with Crippen LogP contribution >= 0.6 is 0 Å². The molecule has 5 heteroatoms. The standard InChI is InChI=1S/C26H23NO4/c1-17-7-9-18(10-8-17)14-27-15-21-23(30-16-27)12-11-20-25(28)24(31-26(20)21)13-19-5-3-4-6-22(19)29-2/h3-13H,14-16H2,1-2H3/b24-13-. The molecule has 0 unspecified atom stereocenters. The lowest BCUT2D eigenvalue weighted by Crippen LogP contribution is -2.31. The molecule has 0 aromatic heterocycles. The molecule has 3 aromatic carbocycles. The number of hydrogen-bond acceptors (Lipinski definition) is 5. The average molecular weight is 413 g/mol. The monoisotopic (exact) mass is 413 g/mol. The normalized spacial score (nSPS) is 16.5. The van der Waals surface area contributed by atoms with Crippen LogP contribution in [0.25, 0.3) is 6.08 Å². The number of methoxy groups -OCH3 is 1. The van der Waals surface area contributed by atoms with E-state index in [-0.39, 0.29) is 5.78 Å². The van der Waals surface area contributed by atoms with Crippen molar-refractivity contribution in [1.82, 2.24) is 4.90 Å². The zero-order valence-electron chi connectivity index (χ0n) is 17.6. The maximum atomic E-state index is 13.0. The van der Waals surface area contributed by atoms with Crippen LogP contribution in [0.15, 0.2) is 66.4 Å². The van der Waals surface area contributed by atoms with Gasteiger partial charge < -0.3 is 14.2 Å². The molecular formula is C26H23NO4. The summed E-state index contributed by atoms with van der Waals surface area (Å²) in [6.45, 7) is 4.00. The van der Waals surface area contributed by atoms with Gasteiger partial charge in [-0.1, -0.05) is 48.0 Å². The van der Waals surface area contributed by atoms with Crippen molar-refractivity contribution in [2.75, 3.05) is 13.8 Å². The molecule has 0 bridgehead atoms. The third kappa shape index (κ3) is 3.68. The van der Waals surface area contributed by atoms with Crippen LogP contribution in [0.1, 0.15) is 32.6 Å². The molecule has 0 amide bonds. The third-order valence-corrected chi connectivity index (χ3v) is 5.63. The number of aryl methyl sites for hydroxylation is 1. The summed E-state index contributed by atoms with van der Waals surface area (Å²) in [6.07, 6.45) is 1.74. The maximum absolute atomic E-state index is 13.0. The maximum Gasteiger partial charge on any atom is 0.231 e. The Labute approximate surface area is 181 Å². The van der Waals surface area contributed by atoms with Crippen LogP contribution < -0.4 is 14.2 Å². The summed E-state index contributed by atoms with van der Waals surface area (Å²) in [6, 6.07) is 19.7. The van der Waals surface area contributed by atoms with E-state index in [1.165, 1.54) is 11.1 Å². The summed E-state index contributed by atoms with van der Waals surface area (Å²) < 4.78 is 17.5. The lowest BCUT2D eigenvalue weighted by atomic mass is 10.0. The number of fused-ring (bicyclic) bond motifs is 3. The molecule has 0 saturated heterocycles. The molecule has 0 aliphatic carbocycles. The Morgan fingerprint density at radius 2 is 1.87 bits per heavy atom. The van der Waals surface area contributed by atoms with E-state index in [9.17, 15) is 4.79 Å². The van der Waals surface area contributed by atoms with Crippen LogP contribution in [0.4, 0.5) is 0 Å². The first-order valence-electron chi connectivity index (χ1n) is 10.3. The number of hydrogen-bond donors (Lipinski definition) is 0. The molecule has 0 atom stereocenters. The van der Waals surface area contributed by atoms with Crippen molar-refractivity contribution in [3.63, 3.8) is 0 Å². The van der Waals surface area contributed by atoms with Crippen molar-refractivity contribution in [1.29, 1.82) is 0 Å². The van der Waals surface area contributed by atoms with Crippen molar-refractivity contribution in [3.05, 3.63) is 94.2 Å². The zero-order valence-corrected chi connectivity index (χ0v) is 17.6. The number of benzene rings is 3. The SMILES string of the molecule is COc1ccccc1/C=C1\Oc2c(ccc3c2CN(Cc2ccc(C)cc2)CO3)C1=O. The van der Waals surface area contributed by atoms with Crippen molar-refractivity contribution < 1.29 is 19.0 Å². The summed E-state index contributed by atoms with van der Waals surface area (Å²) in [5.41, 5.74) is 4.74. The van der Waals surface area contributed by atoms with E-state index in [1.807, 2.05) is 30.3 Å². The highest BCUT2D eigenvalue weighted by Crippen LogP contribution is 2.42. The largest absolute Gasteiger partial charge is 0.496 e. The van der Waals surface area contributed by atoms with Gasteiger partial charge in [0.05, 0.1) is 18.2 Å². The predicted octanol–water partition coefficient (Wildman–Crippen LogP) is 4.97. The minimum atomic E-state index is -0.126. The van der Waals surface area contributed by atoms with Crippen LogP contribution in [0.3, 0.4) is 0 Å². The first-order chi connectivity index (χ1) is 15.1. The molecule has 2 aliphatic rings. The molecule has 0 N–H and O–H groups in total. The number of ether oxygens (including phenoxy) is 3. The minimum absolute atomic E-state index is 0.126. The molecule has 5 nitrogen and oxygen atoms in total. The highest BCUT2D eigenvalue weighted by atomic mass is 16.5. The summed E-state index contributed by atoms with van der Waals surface area (Å²) in [4.78, 5) is 15.2. The van der Waals surface area contributed by atoms with E-state index in [0.717, 1.165) is 23.4 Å². The predicted molar refractivity (Wildman–Crippen MR) is 118 cm³/mol. The van der Waals surface area contributed by atoms with Crippen LogP contribution in [-0.4, -0.2) is 24.5 Å². The molecular weight excluding hydrogens is 390 g/mol. The van der Waals surface area contributed by atoms with Gasteiger partial charge in [-0.25, -0.2) is 0 Å². The Morgan fingerprint density at radius 1 is 1.06 bits per heavy atom. The third-order valence-electron chi connectivity index (χ3n) is 5.63. The number of carbonyl (C=O) groups excluding carboxylic acids is 1. The van der Waals surface area contributed by atoms with Gasteiger partial charge in [-0.3, -0.25) is 9.69 Å². The zero-order chi connectivity index (χ0) is 21.4. The number of rotatable bonds is 4. The van der Waals surface area contributed by atoms with Crippen LogP contribution in [0.2, 0.25) is 0 Å². The van der Waals surface area contributed by atoms with Gasteiger partial charge in [-0.2, -0.15) is 0 Å². The van der Waals surface area contributed by atoms with Crippen molar-refractivity contribution >= 4 is 11.9 Å². The van der Waals surface area contributed by atoms with E-state index in [0.29, 0.717) is 36.1 Å².